The van der Waals surface area contributed by atoms with Gasteiger partial charge < -0.3 is 24.5 Å². The van der Waals surface area contributed by atoms with Crippen LogP contribution in [0.5, 0.6) is 11.5 Å². The molecule has 0 saturated carbocycles. The molecule has 4 aromatic carbocycles. The second kappa shape index (κ2) is 14.6. The Hall–Kier alpha value is -5.42. The second-order valence-electron chi connectivity index (χ2n) is 16.1. The first-order valence-electron chi connectivity index (χ1n) is 20.0. The van der Waals surface area contributed by atoms with Gasteiger partial charge in [0, 0.05) is 87.3 Å². The first-order chi connectivity index (χ1) is 27.2. The molecule has 56 heavy (non-hydrogen) atoms. The van der Waals surface area contributed by atoms with Gasteiger partial charge >= 0.3 is 0 Å². The van der Waals surface area contributed by atoms with Crippen molar-refractivity contribution in [1.29, 1.82) is 0 Å². The summed E-state index contributed by atoms with van der Waals surface area (Å²) in [5, 5.41) is 12.6. The van der Waals surface area contributed by atoms with Crippen LogP contribution >= 0.6 is 0 Å². The topological polar surface area (TPSA) is 106 Å². The molecule has 5 aliphatic heterocycles. The molecule has 2 unspecified atom stereocenters. The minimum atomic E-state index is -0.601. The molecule has 4 aromatic rings. The van der Waals surface area contributed by atoms with Crippen LogP contribution < -0.4 is 19.9 Å². The molecule has 290 valence electrons. The van der Waals surface area contributed by atoms with Gasteiger partial charge in [0.15, 0.2) is 0 Å². The van der Waals surface area contributed by atoms with E-state index >= 15 is 0 Å². The number of carbonyl (C=O) groups is 3. The zero-order valence-corrected chi connectivity index (χ0v) is 31.8. The van der Waals surface area contributed by atoms with Crippen LogP contribution in [0.2, 0.25) is 0 Å². The van der Waals surface area contributed by atoms with Gasteiger partial charge in [0.1, 0.15) is 23.4 Å². The summed E-state index contributed by atoms with van der Waals surface area (Å²) in [4.78, 5) is 46.4. The van der Waals surface area contributed by atoms with Gasteiger partial charge in [-0.1, -0.05) is 24.3 Å². The first-order valence-corrected chi connectivity index (χ1v) is 20.0. The van der Waals surface area contributed by atoms with Crippen LogP contribution in [0.4, 0.5) is 15.8 Å². The van der Waals surface area contributed by atoms with Crippen molar-refractivity contribution in [3.8, 4) is 11.5 Å². The SMILES string of the molecule is Cc1cc(F)ccc1C1(c2ccc(N3CCC(CN4CCN(c5ccc6c(c5)CN(C5CCC(=O)NC5=O)C6=O)CC4)CC3)cc2)CCOc2cc(O)ccc21. The summed E-state index contributed by atoms with van der Waals surface area (Å²) in [6, 6.07) is 24.7. The quantitative estimate of drug-likeness (QED) is 0.230. The zero-order chi connectivity index (χ0) is 38.6. The number of hydrogen-bond acceptors (Lipinski definition) is 8. The Balaban J connectivity index is 0.808. The molecule has 0 aromatic heterocycles. The van der Waals surface area contributed by atoms with Gasteiger partial charge in [-0.15, -0.1) is 0 Å². The molecule has 0 spiro atoms. The maximum Gasteiger partial charge on any atom is 0.255 e. The lowest BCUT2D eigenvalue weighted by Gasteiger charge is -2.41. The first kappa shape index (κ1) is 36.2. The van der Waals surface area contributed by atoms with Crippen LogP contribution in [0.1, 0.15) is 70.3 Å². The van der Waals surface area contributed by atoms with Crippen molar-refractivity contribution in [2.75, 3.05) is 62.2 Å². The lowest BCUT2D eigenvalue weighted by atomic mass is 9.65. The van der Waals surface area contributed by atoms with Gasteiger partial charge in [0.2, 0.25) is 11.8 Å². The largest absolute Gasteiger partial charge is 0.508 e. The fourth-order valence-electron chi connectivity index (χ4n) is 9.91. The highest BCUT2D eigenvalue weighted by molar-refractivity contribution is 6.05. The fraction of sp³-hybridized carbons (Fsp3) is 0.400. The molecular weight excluding hydrogens is 710 g/mol. The number of ether oxygens (including phenoxy) is 1. The van der Waals surface area contributed by atoms with E-state index in [9.17, 15) is 23.9 Å². The van der Waals surface area contributed by atoms with Crippen LogP contribution in [0.25, 0.3) is 0 Å². The zero-order valence-electron chi connectivity index (χ0n) is 31.8. The summed E-state index contributed by atoms with van der Waals surface area (Å²) in [7, 11) is 0. The number of benzene rings is 4. The van der Waals surface area contributed by atoms with E-state index in [4.69, 9.17) is 4.74 Å². The highest BCUT2D eigenvalue weighted by Gasteiger charge is 2.43. The molecule has 9 rings (SSSR count). The normalized spacial score (nSPS) is 23.1. The van der Waals surface area contributed by atoms with Crippen molar-refractivity contribution in [3.05, 3.63) is 118 Å². The summed E-state index contributed by atoms with van der Waals surface area (Å²) in [5.41, 5.74) is 7.42. The van der Waals surface area contributed by atoms with Gasteiger partial charge in [-0.2, -0.15) is 0 Å². The molecule has 3 fully saturated rings. The lowest BCUT2D eigenvalue weighted by molar-refractivity contribution is -0.136. The molecule has 10 nitrogen and oxygen atoms in total. The molecule has 11 heteroatoms. The smallest absolute Gasteiger partial charge is 0.255 e. The van der Waals surface area contributed by atoms with E-state index in [0.29, 0.717) is 43.2 Å². The highest BCUT2D eigenvalue weighted by atomic mass is 19.1. The summed E-state index contributed by atoms with van der Waals surface area (Å²) in [6.45, 7) is 9.77. The van der Waals surface area contributed by atoms with Gasteiger partial charge in [-0.25, -0.2) is 4.39 Å². The number of aryl methyl sites for hydroxylation is 1. The van der Waals surface area contributed by atoms with Crippen LogP contribution in [-0.2, 0) is 21.5 Å². The molecule has 0 aliphatic carbocycles. The van der Waals surface area contributed by atoms with Gasteiger partial charge in [0.25, 0.3) is 5.91 Å². The number of phenolic OH excluding ortho intramolecular Hbond substituents is 1. The summed E-state index contributed by atoms with van der Waals surface area (Å²) in [6.07, 6.45) is 3.60. The van der Waals surface area contributed by atoms with Crippen molar-refractivity contribution in [1.82, 2.24) is 15.1 Å². The maximum atomic E-state index is 14.3. The summed E-state index contributed by atoms with van der Waals surface area (Å²) < 4.78 is 20.4. The number of phenols is 1. The molecular formula is C45H48FN5O5. The van der Waals surface area contributed by atoms with Crippen LogP contribution in [0.3, 0.4) is 0 Å². The number of nitrogens with one attached hydrogen (secondary N) is 1. The Morgan fingerprint density at radius 3 is 2.30 bits per heavy atom. The van der Waals surface area contributed by atoms with Crippen molar-refractivity contribution in [3.63, 3.8) is 0 Å². The minimum Gasteiger partial charge on any atom is -0.508 e. The number of nitrogens with zero attached hydrogens (tertiary/aromatic N) is 4. The molecule has 0 radical (unpaired) electrons. The molecule has 3 saturated heterocycles. The third kappa shape index (κ3) is 6.55. The van der Waals surface area contributed by atoms with Gasteiger partial charge in [-0.3, -0.25) is 24.6 Å². The maximum absolute atomic E-state index is 14.3. The Kier molecular flexibility index (Phi) is 9.43. The monoisotopic (exact) mass is 757 g/mol. The van der Waals surface area contributed by atoms with E-state index < -0.39 is 11.5 Å². The average molecular weight is 758 g/mol. The lowest BCUT2D eigenvalue weighted by Crippen LogP contribution is -2.52. The van der Waals surface area contributed by atoms with E-state index in [1.54, 1.807) is 23.1 Å². The molecule has 2 N–H and O–H groups in total. The van der Waals surface area contributed by atoms with Crippen molar-refractivity contribution >= 4 is 29.1 Å². The number of carbonyl (C=O) groups excluding carboxylic acids is 3. The third-order valence-electron chi connectivity index (χ3n) is 12.9. The second-order valence-corrected chi connectivity index (χ2v) is 16.1. The standard InChI is InChI=1S/C45H48FN5O5/c1-29-24-33(46)4-10-38(29)45(16-23-56-41-26-36(52)8-11-39(41)45)32-2-5-34(6-3-32)49-17-14-30(15-18-49)27-48-19-21-50(22-20-48)35-7-9-37-31(25-35)28-51(44(37)55)40-12-13-42(53)47-43(40)54/h2-11,24-26,30,40,52H,12-23,27-28H2,1H3,(H,47,53,54). The number of anilines is 2. The van der Waals surface area contributed by atoms with Crippen molar-refractivity contribution in [2.24, 2.45) is 5.92 Å². The van der Waals surface area contributed by atoms with Crippen molar-refractivity contribution < 1.29 is 28.6 Å². The number of rotatable bonds is 7. The summed E-state index contributed by atoms with van der Waals surface area (Å²) >= 11 is 0. The Morgan fingerprint density at radius 1 is 0.821 bits per heavy atom. The minimum absolute atomic E-state index is 0.136. The number of imide groups is 1. The molecule has 0 bridgehead atoms. The Bertz CT molecular complexity index is 2180. The number of amides is 3. The third-order valence-corrected chi connectivity index (χ3v) is 12.9. The summed E-state index contributed by atoms with van der Waals surface area (Å²) in [5.74, 6) is 0.414. The van der Waals surface area contributed by atoms with Crippen LogP contribution in [-0.4, -0.2) is 91.1 Å². The number of piperidine rings is 2. The fourth-order valence-corrected chi connectivity index (χ4v) is 9.91. The number of aromatic hydroxyl groups is 1. The van der Waals surface area contributed by atoms with E-state index in [2.05, 4.69) is 50.3 Å². The predicted molar refractivity (Wildman–Crippen MR) is 212 cm³/mol. The number of piperazine rings is 1. The number of halogens is 1. The number of fused-ring (bicyclic) bond motifs is 2. The van der Waals surface area contributed by atoms with Crippen LogP contribution in [0.15, 0.2) is 78.9 Å². The highest BCUT2D eigenvalue weighted by Crippen LogP contribution is 2.50. The van der Waals surface area contributed by atoms with Gasteiger partial charge in [0.05, 0.1) is 12.0 Å². The Labute approximate surface area is 326 Å². The van der Waals surface area contributed by atoms with Gasteiger partial charge in [-0.05, 0) is 109 Å². The number of hydrogen-bond donors (Lipinski definition) is 2. The van der Waals surface area contributed by atoms with Crippen LogP contribution in [0, 0.1) is 18.7 Å². The van der Waals surface area contributed by atoms with E-state index in [-0.39, 0.29) is 35.7 Å². The Morgan fingerprint density at radius 2 is 1.55 bits per heavy atom. The van der Waals surface area contributed by atoms with E-state index in [0.717, 1.165) is 92.2 Å². The molecule has 3 amide bonds. The van der Waals surface area contributed by atoms with Crippen molar-refractivity contribution in [2.45, 2.75) is 57.0 Å². The van der Waals surface area contributed by atoms with E-state index in [1.165, 1.54) is 11.8 Å². The molecule has 5 heterocycles. The van der Waals surface area contributed by atoms with E-state index in [1.807, 2.05) is 31.2 Å². The average Bonchev–Trinajstić information content (AvgIpc) is 3.53. The molecule has 2 atom stereocenters. The predicted octanol–water partition coefficient (Wildman–Crippen LogP) is 5.76. The molecule has 5 aliphatic rings.